The van der Waals surface area contributed by atoms with Crippen molar-refractivity contribution in [2.45, 2.75) is 25.3 Å². The van der Waals surface area contributed by atoms with Crippen LogP contribution in [0.25, 0.3) is 0 Å². The summed E-state index contributed by atoms with van der Waals surface area (Å²) in [6, 6.07) is 10.8. The lowest BCUT2D eigenvalue weighted by Crippen LogP contribution is -2.39. The van der Waals surface area contributed by atoms with E-state index in [-0.39, 0.29) is 18.4 Å². The van der Waals surface area contributed by atoms with Gasteiger partial charge in [-0.1, -0.05) is 18.2 Å². The van der Waals surface area contributed by atoms with Gasteiger partial charge in [0.15, 0.2) is 0 Å². The number of likely N-dealkylation sites (tertiary alicyclic amines) is 1. The molecule has 6 heteroatoms. The van der Waals surface area contributed by atoms with Gasteiger partial charge in [-0.15, -0.1) is 0 Å². The molecule has 2 aromatic rings. The van der Waals surface area contributed by atoms with Crippen molar-refractivity contribution in [3.63, 3.8) is 0 Å². The first-order valence-electron chi connectivity index (χ1n) is 9.31. The van der Waals surface area contributed by atoms with E-state index >= 15 is 0 Å². The van der Waals surface area contributed by atoms with Crippen molar-refractivity contribution in [3.05, 3.63) is 65.5 Å². The van der Waals surface area contributed by atoms with Crippen LogP contribution in [0.15, 0.2) is 48.8 Å². The number of pyridine rings is 1. The van der Waals surface area contributed by atoms with Gasteiger partial charge in [0.25, 0.3) is 0 Å². The number of aromatic nitrogens is 1. The van der Waals surface area contributed by atoms with Crippen LogP contribution in [0.4, 0.5) is 0 Å². The minimum absolute atomic E-state index is 0.00432. The van der Waals surface area contributed by atoms with Crippen molar-refractivity contribution in [1.29, 1.82) is 0 Å². The number of primary amides is 1. The van der Waals surface area contributed by atoms with Gasteiger partial charge in [-0.05, 0) is 55.3 Å². The monoisotopic (exact) mass is 366 g/mol. The number of rotatable bonds is 7. The van der Waals surface area contributed by atoms with Crippen molar-refractivity contribution in [3.8, 4) is 0 Å². The van der Waals surface area contributed by atoms with Crippen LogP contribution in [0.2, 0.25) is 0 Å². The first kappa shape index (κ1) is 19.0. The maximum absolute atomic E-state index is 13.0. The molecule has 6 nitrogen and oxygen atoms in total. The third kappa shape index (κ3) is 4.92. The van der Waals surface area contributed by atoms with E-state index < -0.39 is 5.91 Å². The lowest BCUT2D eigenvalue weighted by atomic mass is 10.0. The summed E-state index contributed by atoms with van der Waals surface area (Å²) >= 11 is 0. The minimum atomic E-state index is -0.486. The van der Waals surface area contributed by atoms with Crippen LogP contribution in [0, 0.1) is 0 Å². The molecule has 0 saturated carbocycles. The Morgan fingerprint density at radius 1 is 1.22 bits per heavy atom. The maximum Gasteiger partial charge on any atom is 0.248 e. The molecule has 2 N–H and O–H groups in total. The molecule has 0 radical (unpaired) electrons. The van der Waals surface area contributed by atoms with Crippen LogP contribution in [0.3, 0.4) is 0 Å². The predicted molar refractivity (Wildman–Crippen MR) is 104 cm³/mol. The highest BCUT2D eigenvalue weighted by Gasteiger charge is 2.25. The molecule has 1 unspecified atom stereocenters. The summed E-state index contributed by atoms with van der Waals surface area (Å²) in [4.78, 5) is 32.8. The van der Waals surface area contributed by atoms with Crippen molar-refractivity contribution in [2.24, 2.45) is 5.73 Å². The molecule has 1 fully saturated rings. The van der Waals surface area contributed by atoms with E-state index in [1.165, 1.54) is 12.8 Å². The molecule has 0 aliphatic carbocycles. The van der Waals surface area contributed by atoms with Gasteiger partial charge in [-0.3, -0.25) is 14.6 Å². The molecule has 1 saturated heterocycles. The predicted octanol–water partition coefficient (Wildman–Crippen LogP) is 2.02. The van der Waals surface area contributed by atoms with E-state index in [9.17, 15) is 9.59 Å². The largest absolute Gasteiger partial charge is 0.366 e. The fourth-order valence-corrected chi connectivity index (χ4v) is 3.54. The first-order valence-corrected chi connectivity index (χ1v) is 9.31. The number of carbonyl (C=O) groups excluding carboxylic acids is 2. The van der Waals surface area contributed by atoms with Crippen LogP contribution in [-0.2, 0) is 11.2 Å². The number of nitrogens with zero attached hydrogens (tertiary/aromatic N) is 3. The molecule has 0 spiro atoms. The Kier molecular flexibility index (Phi) is 6.19. The number of hydrogen-bond donors (Lipinski definition) is 1. The Hall–Kier alpha value is -2.73. The molecule has 0 bridgehead atoms. The number of amides is 2. The molecular formula is C21H26N4O2. The molecule has 2 amide bonds. The minimum Gasteiger partial charge on any atom is -0.366 e. The summed E-state index contributed by atoms with van der Waals surface area (Å²) < 4.78 is 0. The van der Waals surface area contributed by atoms with Crippen LogP contribution in [0.5, 0.6) is 0 Å². The van der Waals surface area contributed by atoms with Gasteiger partial charge in [0, 0.05) is 31.5 Å². The standard InChI is InChI=1S/C21H26N4O2/c1-24(20(26)13-16-6-4-7-17(12-16)21(22)27)19(15-25-10-2-3-11-25)18-8-5-9-23-14-18/h4-9,12,14,19H,2-3,10-11,13,15H2,1H3,(H2,22,27). The number of likely N-dealkylation sites (N-methyl/N-ethyl adjacent to an activating group) is 1. The molecule has 1 aliphatic rings. The van der Waals surface area contributed by atoms with Gasteiger partial charge in [0.1, 0.15) is 0 Å². The van der Waals surface area contributed by atoms with E-state index in [1.54, 1.807) is 29.3 Å². The fraction of sp³-hybridized carbons (Fsp3) is 0.381. The van der Waals surface area contributed by atoms with Crippen LogP contribution >= 0.6 is 0 Å². The molecule has 3 rings (SSSR count). The lowest BCUT2D eigenvalue weighted by Gasteiger charge is -2.32. The molecular weight excluding hydrogens is 340 g/mol. The van der Waals surface area contributed by atoms with Gasteiger partial charge in [-0.2, -0.15) is 0 Å². The summed E-state index contributed by atoms with van der Waals surface area (Å²) in [5.74, 6) is -0.482. The zero-order chi connectivity index (χ0) is 19.2. The van der Waals surface area contributed by atoms with E-state index in [0.717, 1.165) is 30.8 Å². The van der Waals surface area contributed by atoms with Crippen molar-refractivity contribution in [2.75, 3.05) is 26.7 Å². The van der Waals surface area contributed by atoms with Gasteiger partial charge in [-0.25, -0.2) is 0 Å². The maximum atomic E-state index is 13.0. The third-order valence-electron chi connectivity index (χ3n) is 5.13. The number of carbonyl (C=O) groups is 2. The number of nitrogens with two attached hydrogens (primary N) is 1. The highest BCUT2D eigenvalue weighted by molar-refractivity contribution is 5.93. The van der Waals surface area contributed by atoms with Crippen LogP contribution in [-0.4, -0.2) is 53.3 Å². The number of benzene rings is 1. The van der Waals surface area contributed by atoms with Crippen molar-refractivity contribution in [1.82, 2.24) is 14.8 Å². The fourth-order valence-electron chi connectivity index (χ4n) is 3.54. The Morgan fingerprint density at radius 3 is 2.67 bits per heavy atom. The third-order valence-corrected chi connectivity index (χ3v) is 5.13. The highest BCUT2D eigenvalue weighted by atomic mass is 16.2. The molecule has 1 aromatic heterocycles. The summed E-state index contributed by atoms with van der Waals surface area (Å²) in [5, 5.41) is 0. The molecule has 142 valence electrons. The van der Waals surface area contributed by atoms with Gasteiger partial charge in [0.05, 0.1) is 12.5 Å². The van der Waals surface area contributed by atoms with E-state index in [4.69, 9.17) is 5.73 Å². The topological polar surface area (TPSA) is 79.5 Å². The van der Waals surface area contributed by atoms with E-state index in [1.807, 2.05) is 31.4 Å². The lowest BCUT2D eigenvalue weighted by molar-refractivity contribution is -0.131. The Morgan fingerprint density at radius 2 is 2.00 bits per heavy atom. The zero-order valence-corrected chi connectivity index (χ0v) is 15.7. The van der Waals surface area contributed by atoms with E-state index in [2.05, 4.69) is 9.88 Å². The molecule has 27 heavy (non-hydrogen) atoms. The highest BCUT2D eigenvalue weighted by Crippen LogP contribution is 2.23. The summed E-state index contributed by atoms with van der Waals surface area (Å²) in [5.41, 5.74) is 7.58. The summed E-state index contributed by atoms with van der Waals surface area (Å²) in [6.07, 6.45) is 6.22. The molecule has 1 aliphatic heterocycles. The Balaban J connectivity index is 1.76. The Labute approximate surface area is 160 Å². The van der Waals surface area contributed by atoms with Gasteiger partial charge < -0.3 is 15.5 Å². The SMILES string of the molecule is CN(C(=O)Cc1cccc(C(N)=O)c1)C(CN1CCCC1)c1cccnc1. The molecule has 1 atom stereocenters. The second-order valence-corrected chi connectivity index (χ2v) is 7.06. The normalized spacial score (nSPS) is 15.4. The first-order chi connectivity index (χ1) is 13.0. The zero-order valence-electron chi connectivity index (χ0n) is 15.7. The van der Waals surface area contributed by atoms with Gasteiger partial charge in [0.2, 0.25) is 11.8 Å². The second-order valence-electron chi connectivity index (χ2n) is 7.06. The Bertz CT molecular complexity index is 788. The average molecular weight is 366 g/mol. The van der Waals surface area contributed by atoms with E-state index in [0.29, 0.717) is 5.56 Å². The van der Waals surface area contributed by atoms with Crippen molar-refractivity contribution < 1.29 is 9.59 Å². The number of hydrogen-bond acceptors (Lipinski definition) is 4. The van der Waals surface area contributed by atoms with Crippen LogP contribution < -0.4 is 5.73 Å². The molecule has 2 heterocycles. The smallest absolute Gasteiger partial charge is 0.248 e. The summed E-state index contributed by atoms with van der Waals surface area (Å²) in [7, 11) is 1.84. The second kappa shape index (κ2) is 8.77. The molecule has 1 aromatic carbocycles. The average Bonchev–Trinajstić information content (AvgIpc) is 3.19. The summed E-state index contributed by atoms with van der Waals surface area (Å²) in [6.45, 7) is 2.94. The van der Waals surface area contributed by atoms with Gasteiger partial charge >= 0.3 is 0 Å². The van der Waals surface area contributed by atoms with Crippen LogP contribution in [0.1, 0.15) is 40.4 Å². The quantitative estimate of drug-likeness (QED) is 0.813. The van der Waals surface area contributed by atoms with Crippen molar-refractivity contribution >= 4 is 11.8 Å².